The minimum absolute atomic E-state index is 0.0936. The van der Waals surface area contributed by atoms with Gasteiger partial charge in [0.2, 0.25) is 0 Å². The van der Waals surface area contributed by atoms with E-state index in [1.807, 2.05) is 6.08 Å². The first-order chi connectivity index (χ1) is 6.13. The van der Waals surface area contributed by atoms with Crippen LogP contribution in [-0.2, 0) is 0 Å². The maximum absolute atomic E-state index is 5.97. The van der Waals surface area contributed by atoms with Crippen LogP contribution >= 0.6 is 0 Å². The van der Waals surface area contributed by atoms with Gasteiger partial charge in [-0.05, 0) is 25.8 Å². The maximum atomic E-state index is 5.97. The molecule has 0 spiro atoms. The van der Waals surface area contributed by atoms with E-state index in [4.69, 9.17) is 5.73 Å². The fourth-order valence-electron chi connectivity index (χ4n) is 1.54. The van der Waals surface area contributed by atoms with E-state index >= 15 is 0 Å². The Morgan fingerprint density at radius 3 is 2.31 bits per heavy atom. The lowest BCUT2D eigenvalue weighted by molar-refractivity contribution is 0.740. The first-order valence-corrected chi connectivity index (χ1v) is 4.58. The van der Waals surface area contributed by atoms with Crippen molar-refractivity contribution in [2.45, 2.75) is 26.3 Å². The first kappa shape index (κ1) is 10.0. The number of aryl methyl sites for hydroxylation is 2. The average molecular weight is 175 g/mol. The highest BCUT2D eigenvalue weighted by molar-refractivity contribution is 5.30. The smallest absolute Gasteiger partial charge is 0.0329 e. The third-order valence-electron chi connectivity index (χ3n) is 2.09. The maximum Gasteiger partial charge on any atom is 0.0329 e. The van der Waals surface area contributed by atoms with Gasteiger partial charge in [0.05, 0.1) is 0 Å². The molecule has 0 bridgehead atoms. The zero-order chi connectivity index (χ0) is 9.84. The number of hydrogen-bond acceptors (Lipinski definition) is 1. The van der Waals surface area contributed by atoms with E-state index < -0.39 is 0 Å². The van der Waals surface area contributed by atoms with Crippen molar-refractivity contribution in [3.63, 3.8) is 0 Å². The second-order valence-corrected chi connectivity index (χ2v) is 3.55. The summed E-state index contributed by atoms with van der Waals surface area (Å²) >= 11 is 0. The van der Waals surface area contributed by atoms with E-state index in [0.717, 1.165) is 6.42 Å². The molecule has 1 aromatic rings. The van der Waals surface area contributed by atoms with Gasteiger partial charge in [-0.1, -0.05) is 35.4 Å². The molecule has 0 radical (unpaired) electrons. The van der Waals surface area contributed by atoms with E-state index in [-0.39, 0.29) is 6.04 Å². The third kappa shape index (κ3) is 2.71. The quantitative estimate of drug-likeness (QED) is 0.702. The van der Waals surface area contributed by atoms with Crippen molar-refractivity contribution in [3.05, 3.63) is 47.5 Å². The summed E-state index contributed by atoms with van der Waals surface area (Å²) in [5.74, 6) is 0. The van der Waals surface area contributed by atoms with Gasteiger partial charge in [0.25, 0.3) is 0 Å². The van der Waals surface area contributed by atoms with Gasteiger partial charge < -0.3 is 5.73 Å². The van der Waals surface area contributed by atoms with Crippen molar-refractivity contribution in [3.8, 4) is 0 Å². The molecule has 0 saturated carbocycles. The summed E-state index contributed by atoms with van der Waals surface area (Å²) < 4.78 is 0. The predicted octanol–water partition coefficient (Wildman–Crippen LogP) is 2.88. The molecule has 0 aliphatic heterocycles. The van der Waals surface area contributed by atoms with Gasteiger partial charge in [-0.2, -0.15) is 0 Å². The minimum atomic E-state index is 0.0936. The van der Waals surface area contributed by atoms with Gasteiger partial charge >= 0.3 is 0 Å². The molecule has 0 saturated heterocycles. The first-order valence-electron chi connectivity index (χ1n) is 4.58. The van der Waals surface area contributed by atoms with E-state index in [1.54, 1.807) is 0 Å². The molecule has 1 atom stereocenters. The van der Waals surface area contributed by atoms with Crippen molar-refractivity contribution < 1.29 is 0 Å². The number of benzene rings is 1. The Morgan fingerprint density at radius 1 is 1.31 bits per heavy atom. The van der Waals surface area contributed by atoms with Crippen molar-refractivity contribution in [1.29, 1.82) is 0 Å². The molecular formula is C12H17N. The standard InChI is InChI=1S/C12H17N/c1-4-5-12(13)11-7-9(2)6-10(3)8-11/h4,6-8,12H,1,5,13H2,2-3H3/t12-/m0/s1. The Labute approximate surface area is 80.3 Å². The molecule has 1 heteroatoms. The average Bonchev–Trinajstić information content (AvgIpc) is 2.03. The topological polar surface area (TPSA) is 26.0 Å². The third-order valence-corrected chi connectivity index (χ3v) is 2.09. The van der Waals surface area contributed by atoms with Gasteiger partial charge in [0.15, 0.2) is 0 Å². The molecule has 0 unspecified atom stereocenters. The fraction of sp³-hybridized carbons (Fsp3) is 0.333. The molecule has 0 fully saturated rings. The Bertz CT molecular complexity index is 282. The molecule has 0 heterocycles. The molecule has 0 aromatic heterocycles. The molecule has 0 aliphatic carbocycles. The van der Waals surface area contributed by atoms with Crippen LogP contribution in [0.1, 0.15) is 29.2 Å². The van der Waals surface area contributed by atoms with Crippen LogP contribution in [0, 0.1) is 13.8 Å². The SMILES string of the molecule is C=CC[C@H](N)c1cc(C)cc(C)c1. The van der Waals surface area contributed by atoms with Crippen LogP contribution < -0.4 is 5.73 Å². The van der Waals surface area contributed by atoms with Crippen molar-refractivity contribution in [2.24, 2.45) is 5.73 Å². The monoisotopic (exact) mass is 175 g/mol. The highest BCUT2D eigenvalue weighted by atomic mass is 14.6. The Balaban J connectivity index is 2.93. The van der Waals surface area contributed by atoms with Crippen LogP contribution in [0.4, 0.5) is 0 Å². The summed E-state index contributed by atoms with van der Waals surface area (Å²) in [6, 6.07) is 6.53. The summed E-state index contributed by atoms with van der Waals surface area (Å²) in [6.07, 6.45) is 2.70. The molecule has 1 aromatic carbocycles. The van der Waals surface area contributed by atoms with E-state index in [2.05, 4.69) is 38.6 Å². The summed E-state index contributed by atoms with van der Waals surface area (Å²) in [4.78, 5) is 0. The predicted molar refractivity (Wildman–Crippen MR) is 57.7 cm³/mol. The molecular weight excluding hydrogens is 158 g/mol. The molecule has 13 heavy (non-hydrogen) atoms. The Kier molecular flexibility index (Phi) is 3.26. The van der Waals surface area contributed by atoms with Gasteiger partial charge in [0.1, 0.15) is 0 Å². The highest BCUT2D eigenvalue weighted by Gasteiger charge is 2.04. The normalized spacial score (nSPS) is 12.5. The van der Waals surface area contributed by atoms with E-state index in [0.29, 0.717) is 0 Å². The number of nitrogens with two attached hydrogens (primary N) is 1. The molecule has 0 amide bonds. The Morgan fingerprint density at radius 2 is 1.85 bits per heavy atom. The second kappa shape index (κ2) is 4.24. The van der Waals surface area contributed by atoms with Crippen LogP contribution in [0.2, 0.25) is 0 Å². The van der Waals surface area contributed by atoms with Gasteiger partial charge in [-0.15, -0.1) is 6.58 Å². The van der Waals surface area contributed by atoms with Crippen molar-refractivity contribution in [2.75, 3.05) is 0 Å². The van der Waals surface area contributed by atoms with Gasteiger partial charge in [-0.3, -0.25) is 0 Å². The van der Waals surface area contributed by atoms with Crippen LogP contribution in [0.25, 0.3) is 0 Å². The van der Waals surface area contributed by atoms with Gasteiger partial charge in [0, 0.05) is 6.04 Å². The summed E-state index contributed by atoms with van der Waals surface area (Å²) in [6.45, 7) is 7.88. The summed E-state index contributed by atoms with van der Waals surface area (Å²) in [7, 11) is 0. The van der Waals surface area contributed by atoms with E-state index in [9.17, 15) is 0 Å². The van der Waals surface area contributed by atoms with Crippen molar-refractivity contribution in [1.82, 2.24) is 0 Å². The number of rotatable bonds is 3. The van der Waals surface area contributed by atoms with Crippen LogP contribution in [0.3, 0.4) is 0 Å². The summed E-state index contributed by atoms with van der Waals surface area (Å²) in [5.41, 5.74) is 9.72. The zero-order valence-electron chi connectivity index (χ0n) is 8.38. The van der Waals surface area contributed by atoms with Crippen LogP contribution in [0.5, 0.6) is 0 Å². The fourth-order valence-corrected chi connectivity index (χ4v) is 1.54. The lowest BCUT2D eigenvalue weighted by Gasteiger charge is -2.11. The molecule has 0 aliphatic rings. The molecule has 1 rings (SSSR count). The summed E-state index contributed by atoms with van der Waals surface area (Å²) in [5, 5.41) is 0. The lowest BCUT2D eigenvalue weighted by atomic mass is 10.00. The highest BCUT2D eigenvalue weighted by Crippen LogP contribution is 2.17. The Hall–Kier alpha value is -1.08. The largest absolute Gasteiger partial charge is 0.324 e. The van der Waals surface area contributed by atoms with Crippen LogP contribution in [-0.4, -0.2) is 0 Å². The number of hydrogen-bond donors (Lipinski definition) is 1. The van der Waals surface area contributed by atoms with Gasteiger partial charge in [-0.25, -0.2) is 0 Å². The van der Waals surface area contributed by atoms with Crippen LogP contribution in [0.15, 0.2) is 30.9 Å². The van der Waals surface area contributed by atoms with Crippen molar-refractivity contribution >= 4 is 0 Å². The van der Waals surface area contributed by atoms with E-state index in [1.165, 1.54) is 16.7 Å². The zero-order valence-corrected chi connectivity index (χ0v) is 8.38. The minimum Gasteiger partial charge on any atom is -0.324 e. The lowest BCUT2D eigenvalue weighted by Crippen LogP contribution is -2.09. The molecule has 2 N–H and O–H groups in total. The molecule has 1 nitrogen and oxygen atoms in total. The second-order valence-electron chi connectivity index (χ2n) is 3.55. The molecule has 70 valence electrons.